The number of nitrogens with one attached hydrogen (secondary N) is 3. The molecule has 2 aliphatic rings. The highest BCUT2D eigenvalue weighted by molar-refractivity contribution is 7.18. The molecule has 1 aliphatic carbocycles. The fraction of sp³-hybridized carbons (Fsp3) is 0.375. The van der Waals surface area contributed by atoms with E-state index in [9.17, 15) is 22.8 Å². The van der Waals surface area contributed by atoms with Crippen LogP contribution in [0.15, 0.2) is 48.1 Å². The molecule has 2 fully saturated rings. The summed E-state index contributed by atoms with van der Waals surface area (Å²) in [6.45, 7) is 3.39. The molecular formula is C32H34F3N7O2S. The average molecular weight is 638 g/mol. The fourth-order valence-electron chi connectivity index (χ4n) is 5.50. The van der Waals surface area contributed by atoms with Crippen LogP contribution in [0.5, 0.6) is 0 Å². The highest BCUT2D eigenvalue weighted by atomic mass is 32.1. The van der Waals surface area contributed by atoms with Crippen LogP contribution in [0.1, 0.15) is 56.7 Å². The zero-order chi connectivity index (χ0) is 31.9. The van der Waals surface area contributed by atoms with Crippen molar-refractivity contribution in [3.8, 4) is 0 Å². The lowest BCUT2D eigenvalue weighted by Crippen LogP contribution is -2.31. The molecule has 9 nitrogen and oxygen atoms in total. The third-order valence-electron chi connectivity index (χ3n) is 8.31. The summed E-state index contributed by atoms with van der Waals surface area (Å²) in [4.78, 5) is 39.2. The molecular weight excluding hydrogens is 603 g/mol. The number of aryl methyl sites for hydroxylation is 1. The van der Waals surface area contributed by atoms with E-state index < -0.39 is 23.6 Å². The summed E-state index contributed by atoms with van der Waals surface area (Å²) in [5.41, 5.74) is 1.67. The second-order valence-electron chi connectivity index (χ2n) is 11.9. The van der Waals surface area contributed by atoms with Gasteiger partial charge in [-0.25, -0.2) is 9.97 Å². The number of likely N-dealkylation sites (tertiary alicyclic amines) is 1. The number of carbonyl (C=O) groups excluding carboxylic acids is 2. The molecule has 4 aromatic rings. The Kier molecular flexibility index (Phi) is 8.51. The number of aromatic nitrogens is 2. The van der Waals surface area contributed by atoms with Crippen LogP contribution in [0.3, 0.4) is 0 Å². The average Bonchev–Trinajstić information content (AvgIpc) is 3.49. The Labute approximate surface area is 262 Å². The van der Waals surface area contributed by atoms with Crippen molar-refractivity contribution >= 4 is 50.6 Å². The molecule has 1 unspecified atom stereocenters. The largest absolute Gasteiger partial charge is 0.416 e. The number of benzene rings is 2. The molecule has 45 heavy (non-hydrogen) atoms. The van der Waals surface area contributed by atoms with E-state index in [4.69, 9.17) is 0 Å². The lowest BCUT2D eigenvalue weighted by Gasteiger charge is -2.22. The van der Waals surface area contributed by atoms with Gasteiger partial charge < -0.3 is 20.9 Å². The van der Waals surface area contributed by atoms with Crippen LogP contribution < -0.4 is 16.0 Å². The zero-order valence-electron chi connectivity index (χ0n) is 25.2. The van der Waals surface area contributed by atoms with Crippen LogP contribution in [0.4, 0.5) is 30.4 Å². The van der Waals surface area contributed by atoms with Gasteiger partial charge in [-0.2, -0.15) is 13.2 Å². The number of fused-ring (bicyclic) bond motifs is 1. The van der Waals surface area contributed by atoms with E-state index in [1.165, 1.54) is 35.9 Å². The summed E-state index contributed by atoms with van der Waals surface area (Å²) in [6.07, 6.45) is -0.0877. The minimum Gasteiger partial charge on any atom is -0.366 e. The molecule has 3 N–H and O–H groups in total. The maximum Gasteiger partial charge on any atom is 0.416 e. The highest BCUT2D eigenvalue weighted by Gasteiger charge is 2.35. The Morgan fingerprint density at radius 3 is 2.56 bits per heavy atom. The Hall–Kier alpha value is -4.07. The van der Waals surface area contributed by atoms with Gasteiger partial charge in [0.2, 0.25) is 0 Å². The first-order valence-corrected chi connectivity index (χ1v) is 15.6. The van der Waals surface area contributed by atoms with Gasteiger partial charge in [-0.3, -0.25) is 14.5 Å². The number of nitrogens with zero attached hydrogens (tertiary/aromatic N) is 4. The van der Waals surface area contributed by atoms with Gasteiger partial charge >= 0.3 is 6.18 Å². The van der Waals surface area contributed by atoms with Crippen molar-refractivity contribution in [2.45, 2.75) is 51.0 Å². The fourth-order valence-corrected chi connectivity index (χ4v) is 6.45. The van der Waals surface area contributed by atoms with Gasteiger partial charge in [-0.05, 0) is 75.7 Å². The molecule has 1 atom stereocenters. The SMILES string of the molecule is Cc1ccc(C(=O)Nc2ccc(CN3CCC(N(C)C)C3)c(C(F)(F)F)c2)cc1NC(=O)c1csc2c(NC3CC3)ncnc12. The summed E-state index contributed by atoms with van der Waals surface area (Å²) < 4.78 is 43.1. The molecule has 236 valence electrons. The molecule has 2 amide bonds. The van der Waals surface area contributed by atoms with Crippen LogP contribution in [-0.4, -0.2) is 70.9 Å². The summed E-state index contributed by atoms with van der Waals surface area (Å²) in [5.74, 6) is -0.278. The number of halogens is 3. The molecule has 6 rings (SSSR count). The molecule has 0 bridgehead atoms. The molecule has 0 spiro atoms. The number of hydrogen-bond donors (Lipinski definition) is 3. The third kappa shape index (κ3) is 6.95. The van der Waals surface area contributed by atoms with Crippen LogP contribution in [0, 0.1) is 6.92 Å². The minimum absolute atomic E-state index is 0.0369. The second kappa shape index (κ2) is 12.4. The first-order chi connectivity index (χ1) is 21.5. The molecule has 1 saturated heterocycles. The van der Waals surface area contributed by atoms with E-state index in [1.807, 2.05) is 19.0 Å². The van der Waals surface area contributed by atoms with Crippen LogP contribution in [0.2, 0.25) is 0 Å². The lowest BCUT2D eigenvalue weighted by molar-refractivity contribution is -0.138. The first kappa shape index (κ1) is 30.9. The van der Waals surface area contributed by atoms with Crippen molar-refractivity contribution < 1.29 is 22.8 Å². The number of thiophene rings is 1. The highest BCUT2D eigenvalue weighted by Crippen LogP contribution is 2.36. The van der Waals surface area contributed by atoms with E-state index in [0.29, 0.717) is 46.8 Å². The van der Waals surface area contributed by atoms with Gasteiger partial charge in [-0.15, -0.1) is 11.3 Å². The van der Waals surface area contributed by atoms with Crippen LogP contribution in [-0.2, 0) is 12.7 Å². The van der Waals surface area contributed by atoms with Gasteiger partial charge in [0.15, 0.2) is 0 Å². The Morgan fingerprint density at radius 1 is 1.04 bits per heavy atom. The smallest absolute Gasteiger partial charge is 0.366 e. The molecule has 0 radical (unpaired) electrons. The maximum atomic E-state index is 14.1. The van der Waals surface area contributed by atoms with Crippen molar-refractivity contribution in [1.29, 1.82) is 0 Å². The first-order valence-electron chi connectivity index (χ1n) is 14.8. The van der Waals surface area contributed by atoms with Gasteiger partial charge in [0, 0.05) is 54.0 Å². The van der Waals surface area contributed by atoms with E-state index in [0.717, 1.165) is 36.6 Å². The lowest BCUT2D eigenvalue weighted by atomic mass is 10.0. The summed E-state index contributed by atoms with van der Waals surface area (Å²) in [5, 5.41) is 10.6. The number of alkyl halides is 3. The van der Waals surface area contributed by atoms with Crippen molar-refractivity contribution in [3.63, 3.8) is 0 Å². The number of rotatable bonds is 9. The molecule has 1 aliphatic heterocycles. The Balaban J connectivity index is 1.17. The predicted molar refractivity (Wildman–Crippen MR) is 170 cm³/mol. The third-order valence-corrected chi connectivity index (χ3v) is 9.29. The Morgan fingerprint density at radius 2 is 1.84 bits per heavy atom. The minimum atomic E-state index is -4.58. The molecule has 1 saturated carbocycles. The number of amides is 2. The monoisotopic (exact) mass is 637 g/mol. The van der Waals surface area contributed by atoms with E-state index in [2.05, 4.69) is 30.8 Å². The number of anilines is 3. The zero-order valence-corrected chi connectivity index (χ0v) is 26.0. The van der Waals surface area contributed by atoms with Crippen molar-refractivity contribution in [2.75, 3.05) is 43.1 Å². The van der Waals surface area contributed by atoms with E-state index in [1.54, 1.807) is 24.4 Å². The van der Waals surface area contributed by atoms with Gasteiger partial charge in [-0.1, -0.05) is 12.1 Å². The number of likely N-dealkylation sites (N-methyl/N-ethyl adjacent to an activating group) is 1. The number of carbonyl (C=O) groups is 2. The molecule has 3 heterocycles. The quantitative estimate of drug-likeness (QED) is 0.200. The molecule has 13 heteroatoms. The van der Waals surface area contributed by atoms with Crippen molar-refractivity contribution in [1.82, 2.24) is 19.8 Å². The van der Waals surface area contributed by atoms with Gasteiger partial charge in [0.1, 0.15) is 12.1 Å². The van der Waals surface area contributed by atoms with Gasteiger partial charge in [0.05, 0.1) is 21.3 Å². The second-order valence-corrected chi connectivity index (χ2v) is 12.8. The summed E-state index contributed by atoms with van der Waals surface area (Å²) in [6, 6.07) is 9.37. The number of hydrogen-bond acceptors (Lipinski definition) is 8. The summed E-state index contributed by atoms with van der Waals surface area (Å²) >= 11 is 1.38. The van der Waals surface area contributed by atoms with Crippen molar-refractivity contribution in [2.24, 2.45) is 0 Å². The maximum absolute atomic E-state index is 14.1. The molecule has 2 aromatic heterocycles. The van der Waals surface area contributed by atoms with Crippen molar-refractivity contribution in [3.05, 3.63) is 75.9 Å². The molecule has 2 aromatic carbocycles. The summed E-state index contributed by atoms with van der Waals surface area (Å²) in [7, 11) is 3.95. The standard InChI is InChI=1S/C32H34F3N7O2S/c1-18-4-5-19(12-26(18)40-31(44)24-16-45-28-27(24)36-17-37-29(28)38-21-8-9-21)30(43)39-22-7-6-20(25(13-22)32(33,34)35)14-42-11-10-23(15-42)41(2)3/h4-7,12-13,16-17,21,23H,8-11,14-15H2,1-3H3,(H,39,43)(H,40,44)(H,36,37,38). The predicted octanol–water partition coefficient (Wildman–Crippen LogP) is 6.23. The normalized spacial score (nSPS) is 17.2. The Bertz CT molecular complexity index is 1750. The van der Waals surface area contributed by atoms with Crippen LogP contribution in [0.25, 0.3) is 10.2 Å². The van der Waals surface area contributed by atoms with Crippen LogP contribution >= 0.6 is 11.3 Å². The van der Waals surface area contributed by atoms with E-state index in [-0.39, 0.29) is 23.4 Å². The topological polar surface area (TPSA) is 102 Å². The van der Waals surface area contributed by atoms with E-state index >= 15 is 0 Å². The van der Waals surface area contributed by atoms with Gasteiger partial charge in [0.25, 0.3) is 11.8 Å².